The average molecular weight is 391 g/mol. The van der Waals surface area contributed by atoms with E-state index in [-0.39, 0.29) is 13.0 Å². The minimum Gasteiger partial charge on any atom is -0.481 e. The molecule has 0 aliphatic rings. The molecular formula is C24H38O4. The van der Waals surface area contributed by atoms with Crippen LogP contribution in [0.3, 0.4) is 0 Å². The van der Waals surface area contributed by atoms with Gasteiger partial charge in [0.15, 0.2) is 0 Å². The minimum absolute atomic E-state index is 0.0641. The number of carboxylic acid groups (broad SMARTS) is 1. The van der Waals surface area contributed by atoms with Gasteiger partial charge in [0.05, 0.1) is 6.10 Å². The molecule has 158 valence electrons. The molecule has 0 spiro atoms. The summed E-state index contributed by atoms with van der Waals surface area (Å²) in [5, 5.41) is 28.6. The second-order valence-electron chi connectivity index (χ2n) is 6.67. The molecule has 4 heteroatoms. The third-order valence-corrected chi connectivity index (χ3v) is 4.24. The van der Waals surface area contributed by atoms with E-state index in [0.29, 0.717) is 12.0 Å². The van der Waals surface area contributed by atoms with Gasteiger partial charge in [-0.15, -0.1) is 0 Å². The Morgan fingerprint density at radius 2 is 1.43 bits per heavy atom. The maximum absolute atomic E-state index is 11.6. The second-order valence-corrected chi connectivity index (χ2v) is 6.67. The Bertz CT molecular complexity index is 541. The molecule has 0 aliphatic heterocycles. The van der Waals surface area contributed by atoms with Crippen molar-refractivity contribution in [3.63, 3.8) is 0 Å². The number of hydrogen-bond donors (Lipinski definition) is 3. The smallest absolute Gasteiger partial charge is 0.313 e. The fourth-order valence-corrected chi connectivity index (χ4v) is 2.74. The number of carboxylic acids is 1. The first-order valence-electron chi connectivity index (χ1n) is 10.4. The summed E-state index contributed by atoms with van der Waals surface area (Å²) < 4.78 is 0. The van der Waals surface area contributed by atoms with E-state index in [1.807, 2.05) is 25.2 Å². The van der Waals surface area contributed by atoms with Gasteiger partial charge in [0.25, 0.3) is 0 Å². The molecule has 0 fully saturated rings. The number of hydrogen-bond acceptors (Lipinski definition) is 3. The van der Waals surface area contributed by atoms with Crippen molar-refractivity contribution >= 4 is 5.97 Å². The summed E-state index contributed by atoms with van der Waals surface area (Å²) >= 11 is 0. The lowest BCUT2D eigenvalue weighted by Crippen LogP contribution is -2.30. The molecule has 0 aromatic rings. The van der Waals surface area contributed by atoms with E-state index >= 15 is 0 Å². The largest absolute Gasteiger partial charge is 0.481 e. The second kappa shape index (κ2) is 18.5. The first-order chi connectivity index (χ1) is 13.6. The van der Waals surface area contributed by atoms with Crippen LogP contribution in [0.2, 0.25) is 0 Å². The molecule has 28 heavy (non-hydrogen) atoms. The van der Waals surface area contributed by atoms with Crippen molar-refractivity contribution in [2.45, 2.75) is 71.3 Å². The Kier molecular flexibility index (Phi) is 17.2. The Morgan fingerprint density at radius 3 is 1.89 bits per heavy atom. The highest BCUT2D eigenvalue weighted by atomic mass is 16.4. The van der Waals surface area contributed by atoms with Gasteiger partial charge in [-0.1, -0.05) is 80.5 Å². The molecule has 0 rings (SSSR count). The number of aliphatic hydroxyl groups excluding tert-OH is 2. The minimum atomic E-state index is -1.07. The quantitative estimate of drug-likeness (QED) is 0.310. The molecule has 0 aromatic heterocycles. The van der Waals surface area contributed by atoms with Crippen LogP contribution in [0.4, 0.5) is 0 Å². The van der Waals surface area contributed by atoms with Gasteiger partial charge in [-0.2, -0.15) is 0 Å². The van der Waals surface area contributed by atoms with Crippen molar-refractivity contribution in [1.29, 1.82) is 0 Å². The predicted molar refractivity (Wildman–Crippen MR) is 117 cm³/mol. The zero-order valence-electron chi connectivity index (χ0n) is 17.5. The van der Waals surface area contributed by atoms with Crippen LogP contribution in [-0.2, 0) is 4.79 Å². The summed E-state index contributed by atoms with van der Waals surface area (Å²) in [6.45, 7) is 3.93. The normalized spacial score (nSPS) is 15.4. The van der Waals surface area contributed by atoms with E-state index in [1.54, 1.807) is 0 Å². The monoisotopic (exact) mass is 390 g/mol. The summed E-state index contributed by atoms with van der Waals surface area (Å²) in [5.74, 6) is -2.01. The van der Waals surface area contributed by atoms with Crippen LogP contribution < -0.4 is 0 Å². The van der Waals surface area contributed by atoms with Crippen LogP contribution >= 0.6 is 0 Å². The zero-order valence-corrected chi connectivity index (χ0v) is 17.5. The number of allylic oxidation sites excluding steroid dienone is 9. The lowest BCUT2D eigenvalue weighted by molar-refractivity contribution is -0.144. The van der Waals surface area contributed by atoms with Gasteiger partial charge >= 0.3 is 5.97 Å². The molecule has 3 N–H and O–H groups in total. The van der Waals surface area contributed by atoms with E-state index < -0.39 is 18.0 Å². The van der Waals surface area contributed by atoms with Crippen molar-refractivity contribution in [1.82, 2.24) is 0 Å². The average Bonchev–Trinajstić information content (AvgIpc) is 2.66. The molecule has 0 amide bonds. The van der Waals surface area contributed by atoms with E-state index in [2.05, 4.69) is 43.4 Å². The highest BCUT2D eigenvalue weighted by Crippen LogP contribution is 2.23. The molecule has 0 bridgehead atoms. The zero-order chi connectivity index (χ0) is 21.0. The van der Waals surface area contributed by atoms with Gasteiger partial charge in [-0.25, -0.2) is 0 Å². The predicted octanol–water partition coefficient (Wildman–Crippen LogP) is 5.35. The number of carbonyl (C=O) groups is 1. The van der Waals surface area contributed by atoms with Gasteiger partial charge in [0, 0.05) is 6.61 Å². The topological polar surface area (TPSA) is 77.8 Å². The van der Waals surface area contributed by atoms with Gasteiger partial charge in [0.2, 0.25) is 0 Å². The summed E-state index contributed by atoms with van der Waals surface area (Å²) in [6.07, 6.45) is 23.6. The number of unbranched alkanes of at least 4 members (excludes halogenated alkanes) is 1. The Balaban J connectivity index is 4.56. The van der Waals surface area contributed by atoms with E-state index in [4.69, 9.17) is 5.11 Å². The van der Waals surface area contributed by atoms with Crippen LogP contribution in [0.5, 0.6) is 0 Å². The molecule has 4 nitrogen and oxygen atoms in total. The Morgan fingerprint density at radius 1 is 0.893 bits per heavy atom. The fourth-order valence-electron chi connectivity index (χ4n) is 2.74. The van der Waals surface area contributed by atoms with Gasteiger partial charge in [-0.3, -0.25) is 4.79 Å². The lowest BCUT2D eigenvalue weighted by Gasteiger charge is -2.21. The molecule has 0 radical (unpaired) electrons. The van der Waals surface area contributed by atoms with Crippen LogP contribution in [0.25, 0.3) is 0 Å². The summed E-state index contributed by atoms with van der Waals surface area (Å²) in [5.41, 5.74) is 0.707. The van der Waals surface area contributed by atoms with Crippen LogP contribution in [0, 0.1) is 5.92 Å². The molecule has 0 saturated heterocycles. The molecule has 0 aromatic carbocycles. The summed E-state index contributed by atoms with van der Waals surface area (Å²) in [6, 6.07) is 0. The van der Waals surface area contributed by atoms with Gasteiger partial charge < -0.3 is 15.3 Å². The van der Waals surface area contributed by atoms with Gasteiger partial charge in [-0.05, 0) is 44.9 Å². The maximum atomic E-state index is 11.6. The van der Waals surface area contributed by atoms with Crippen molar-refractivity contribution in [2.75, 3.05) is 6.61 Å². The highest BCUT2D eigenvalue weighted by molar-refractivity contribution is 5.74. The Labute approximate surface area is 170 Å². The SMILES string of the molecule is CC/C=C\C/C=C\C/C=C\C/C=C\C/C(=C/CCC)C(C(=O)O)[C@H](O)CCO. The first kappa shape index (κ1) is 26.1. The Hall–Kier alpha value is -1.91. The van der Waals surface area contributed by atoms with E-state index in [9.17, 15) is 15.0 Å². The molecular weight excluding hydrogens is 352 g/mol. The van der Waals surface area contributed by atoms with Crippen LogP contribution in [0.1, 0.15) is 65.2 Å². The van der Waals surface area contributed by atoms with Crippen molar-refractivity contribution in [2.24, 2.45) is 5.92 Å². The third kappa shape index (κ3) is 13.3. The van der Waals surface area contributed by atoms with E-state index in [0.717, 1.165) is 38.5 Å². The number of rotatable bonds is 16. The molecule has 0 aliphatic carbocycles. The maximum Gasteiger partial charge on any atom is 0.313 e. The fraction of sp³-hybridized carbons (Fsp3) is 0.542. The molecule has 0 saturated carbocycles. The number of aliphatic hydroxyl groups is 2. The molecule has 1 unspecified atom stereocenters. The van der Waals surface area contributed by atoms with Crippen LogP contribution in [0.15, 0.2) is 60.3 Å². The summed E-state index contributed by atoms with van der Waals surface area (Å²) in [4.78, 5) is 11.6. The standard InChI is InChI=1S/C24H38O4/c1-3-5-7-8-9-10-11-12-13-14-15-16-18-21(17-6-4-2)23(24(27)28)22(26)19-20-25/h5,7,9-10,12-13,15-17,22-23,25-26H,3-4,6,8,11,14,18-20H2,1-2H3,(H,27,28)/b7-5-,10-9-,13-12-,16-15-,21-17-/t22-,23?/m1/s1. The molecule has 2 atom stereocenters. The van der Waals surface area contributed by atoms with Crippen LogP contribution in [-0.4, -0.2) is 34.0 Å². The third-order valence-electron chi connectivity index (χ3n) is 4.24. The van der Waals surface area contributed by atoms with E-state index in [1.165, 1.54) is 0 Å². The number of aliphatic carboxylic acids is 1. The molecule has 0 heterocycles. The first-order valence-corrected chi connectivity index (χ1v) is 10.4. The van der Waals surface area contributed by atoms with Gasteiger partial charge in [0.1, 0.15) is 5.92 Å². The highest BCUT2D eigenvalue weighted by Gasteiger charge is 2.29. The summed E-state index contributed by atoms with van der Waals surface area (Å²) in [7, 11) is 0. The lowest BCUT2D eigenvalue weighted by atomic mass is 9.88. The van der Waals surface area contributed by atoms with Crippen molar-refractivity contribution < 1.29 is 20.1 Å². The van der Waals surface area contributed by atoms with Crippen molar-refractivity contribution in [3.8, 4) is 0 Å². The van der Waals surface area contributed by atoms with Crippen molar-refractivity contribution in [3.05, 3.63) is 60.3 Å².